The predicted octanol–water partition coefficient (Wildman–Crippen LogP) is 2.38. The van der Waals surface area contributed by atoms with E-state index in [2.05, 4.69) is 4.98 Å². The van der Waals surface area contributed by atoms with Gasteiger partial charge in [-0.1, -0.05) is 0 Å². The fourth-order valence-electron chi connectivity index (χ4n) is 1.41. The zero-order valence-electron chi connectivity index (χ0n) is 8.63. The first-order valence-corrected chi connectivity index (χ1v) is 4.74. The summed E-state index contributed by atoms with van der Waals surface area (Å²) in [5.74, 6) is -0.234. The van der Waals surface area contributed by atoms with Gasteiger partial charge in [-0.15, -0.1) is 0 Å². The molecule has 0 fully saturated rings. The van der Waals surface area contributed by atoms with E-state index in [0.717, 1.165) is 12.1 Å². The second-order valence-corrected chi connectivity index (χ2v) is 3.39. The monoisotopic (exact) mass is 233 g/mol. The molecule has 1 aromatic heterocycles. The van der Waals surface area contributed by atoms with Crippen molar-refractivity contribution in [3.05, 3.63) is 52.5 Å². The van der Waals surface area contributed by atoms with E-state index in [9.17, 15) is 14.5 Å². The van der Waals surface area contributed by atoms with Crippen LogP contribution < -0.4 is 5.73 Å². The number of aromatic nitrogens is 1. The van der Waals surface area contributed by atoms with Gasteiger partial charge < -0.3 is 5.73 Å². The SMILES string of the molecule is Nc1ccc(-c2cc([N+](=O)[O-])ccc2F)cn1. The predicted molar refractivity (Wildman–Crippen MR) is 60.7 cm³/mol. The van der Waals surface area contributed by atoms with E-state index in [1.807, 2.05) is 0 Å². The number of non-ortho nitro benzene ring substituents is 1. The number of nitrogens with two attached hydrogens (primary N) is 1. The van der Waals surface area contributed by atoms with Gasteiger partial charge in [0.05, 0.1) is 4.92 Å². The van der Waals surface area contributed by atoms with Crippen LogP contribution in [0.2, 0.25) is 0 Å². The highest BCUT2D eigenvalue weighted by atomic mass is 19.1. The molecule has 2 N–H and O–H groups in total. The lowest BCUT2D eigenvalue weighted by Gasteiger charge is -2.03. The topological polar surface area (TPSA) is 82.0 Å². The Balaban J connectivity index is 2.54. The van der Waals surface area contributed by atoms with Crippen molar-refractivity contribution in [3.63, 3.8) is 0 Å². The van der Waals surface area contributed by atoms with Crippen LogP contribution in [0.15, 0.2) is 36.5 Å². The first-order chi connectivity index (χ1) is 8.08. The number of hydrogen-bond acceptors (Lipinski definition) is 4. The van der Waals surface area contributed by atoms with Crippen LogP contribution in [0.1, 0.15) is 0 Å². The second-order valence-electron chi connectivity index (χ2n) is 3.39. The smallest absolute Gasteiger partial charge is 0.270 e. The number of nitrogen functional groups attached to an aromatic ring is 1. The van der Waals surface area contributed by atoms with Crippen molar-refractivity contribution in [2.24, 2.45) is 0 Å². The number of hydrogen-bond donors (Lipinski definition) is 1. The Bertz CT molecular complexity index is 569. The quantitative estimate of drug-likeness (QED) is 0.637. The molecule has 0 saturated carbocycles. The first kappa shape index (κ1) is 11.0. The zero-order valence-corrected chi connectivity index (χ0v) is 8.63. The molecule has 0 aliphatic heterocycles. The lowest BCUT2D eigenvalue weighted by Crippen LogP contribution is -1.93. The number of pyridine rings is 1. The summed E-state index contributed by atoms with van der Waals surface area (Å²) in [4.78, 5) is 13.8. The number of rotatable bonds is 2. The third-order valence-electron chi connectivity index (χ3n) is 2.26. The molecule has 0 aliphatic carbocycles. The molecule has 0 unspecified atom stereocenters. The molecule has 5 nitrogen and oxygen atoms in total. The van der Waals surface area contributed by atoms with E-state index in [1.54, 1.807) is 6.07 Å². The summed E-state index contributed by atoms with van der Waals surface area (Å²) in [5.41, 5.74) is 5.82. The first-order valence-electron chi connectivity index (χ1n) is 4.74. The summed E-state index contributed by atoms with van der Waals surface area (Å²) < 4.78 is 13.5. The molecule has 0 bridgehead atoms. The van der Waals surface area contributed by atoms with Crippen LogP contribution in [0.3, 0.4) is 0 Å². The lowest BCUT2D eigenvalue weighted by molar-refractivity contribution is -0.384. The zero-order chi connectivity index (χ0) is 12.4. The van der Waals surface area contributed by atoms with Crippen LogP contribution in [-0.4, -0.2) is 9.91 Å². The number of anilines is 1. The molecule has 0 amide bonds. The molecule has 0 spiro atoms. The highest BCUT2D eigenvalue weighted by Crippen LogP contribution is 2.26. The van der Waals surface area contributed by atoms with Crippen molar-refractivity contribution < 1.29 is 9.31 Å². The molecule has 1 heterocycles. The fraction of sp³-hybridized carbons (Fsp3) is 0. The Morgan fingerprint density at radius 3 is 2.65 bits per heavy atom. The minimum atomic E-state index is -0.576. The van der Waals surface area contributed by atoms with Crippen LogP contribution in [-0.2, 0) is 0 Å². The number of nitro benzene ring substituents is 1. The number of nitro groups is 1. The van der Waals surface area contributed by atoms with E-state index in [4.69, 9.17) is 5.73 Å². The van der Waals surface area contributed by atoms with Gasteiger partial charge in [-0.3, -0.25) is 10.1 Å². The van der Waals surface area contributed by atoms with Crippen molar-refractivity contribution >= 4 is 11.5 Å². The van der Waals surface area contributed by atoms with Crippen LogP contribution in [0, 0.1) is 15.9 Å². The summed E-state index contributed by atoms with van der Waals surface area (Å²) in [5, 5.41) is 10.6. The number of halogens is 1. The van der Waals surface area contributed by atoms with Gasteiger partial charge in [0.15, 0.2) is 0 Å². The van der Waals surface area contributed by atoms with E-state index >= 15 is 0 Å². The van der Waals surface area contributed by atoms with Crippen molar-refractivity contribution in [2.45, 2.75) is 0 Å². The Morgan fingerprint density at radius 2 is 2.06 bits per heavy atom. The van der Waals surface area contributed by atoms with Gasteiger partial charge in [0.2, 0.25) is 0 Å². The van der Waals surface area contributed by atoms with Gasteiger partial charge in [-0.05, 0) is 18.2 Å². The van der Waals surface area contributed by atoms with Crippen LogP contribution >= 0.6 is 0 Å². The van der Waals surface area contributed by atoms with Crippen molar-refractivity contribution in [2.75, 3.05) is 5.73 Å². The highest BCUT2D eigenvalue weighted by Gasteiger charge is 2.12. The Morgan fingerprint density at radius 1 is 1.29 bits per heavy atom. The largest absolute Gasteiger partial charge is 0.384 e. The van der Waals surface area contributed by atoms with Gasteiger partial charge in [0.25, 0.3) is 5.69 Å². The van der Waals surface area contributed by atoms with Gasteiger partial charge >= 0.3 is 0 Å². The van der Waals surface area contributed by atoms with Gasteiger partial charge in [0.1, 0.15) is 11.6 Å². The molecular weight excluding hydrogens is 225 g/mol. The van der Waals surface area contributed by atoms with E-state index < -0.39 is 10.7 Å². The molecule has 2 aromatic rings. The van der Waals surface area contributed by atoms with Crippen molar-refractivity contribution in [1.82, 2.24) is 4.98 Å². The fourth-order valence-corrected chi connectivity index (χ4v) is 1.41. The molecule has 2 rings (SSSR count). The molecule has 0 aliphatic rings. The lowest BCUT2D eigenvalue weighted by atomic mass is 10.1. The van der Waals surface area contributed by atoms with Crippen LogP contribution in [0.25, 0.3) is 11.1 Å². The molecule has 6 heteroatoms. The summed E-state index contributed by atoms with van der Waals surface area (Å²) in [6, 6.07) is 6.41. The molecule has 0 atom stereocenters. The third kappa shape index (κ3) is 2.20. The molecule has 1 aromatic carbocycles. The Hall–Kier alpha value is -2.50. The number of benzene rings is 1. The molecule has 0 saturated heterocycles. The van der Waals surface area contributed by atoms with Gasteiger partial charge in [0, 0.05) is 29.5 Å². The summed E-state index contributed by atoms with van der Waals surface area (Å²) >= 11 is 0. The van der Waals surface area contributed by atoms with E-state index in [-0.39, 0.29) is 11.3 Å². The maximum absolute atomic E-state index is 13.5. The van der Waals surface area contributed by atoms with Gasteiger partial charge in [-0.25, -0.2) is 9.37 Å². The van der Waals surface area contributed by atoms with Crippen molar-refractivity contribution in [1.29, 1.82) is 0 Å². The third-order valence-corrected chi connectivity index (χ3v) is 2.26. The summed E-state index contributed by atoms with van der Waals surface area (Å²) in [6.07, 6.45) is 1.37. The highest BCUT2D eigenvalue weighted by molar-refractivity contribution is 5.66. The van der Waals surface area contributed by atoms with E-state index in [1.165, 1.54) is 18.3 Å². The minimum absolute atomic E-state index is 0.131. The normalized spacial score (nSPS) is 10.2. The van der Waals surface area contributed by atoms with Crippen LogP contribution in [0.4, 0.5) is 15.9 Å². The average molecular weight is 233 g/mol. The summed E-state index contributed by atoms with van der Waals surface area (Å²) in [6.45, 7) is 0. The van der Waals surface area contributed by atoms with E-state index in [0.29, 0.717) is 11.4 Å². The maximum atomic E-state index is 13.5. The Kier molecular flexibility index (Phi) is 2.70. The van der Waals surface area contributed by atoms with Gasteiger partial charge in [-0.2, -0.15) is 0 Å². The van der Waals surface area contributed by atoms with Crippen molar-refractivity contribution in [3.8, 4) is 11.1 Å². The average Bonchev–Trinajstić information content (AvgIpc) is 2.31. The molecule has 86 valence electrons. The second kappa shape index (κ2) is 4.17. The number of nitrogens with zero attached hydrogens (tertiary/aromatic N) is 2. The minimum Gasteiger partial charge on any atom is -0.384 e. The standard InChI is InChI=1S/C11H8FN3O2/c12-10-3-2-8(15(16)17)5-9(10)7-1-4-11(13)14-6-7/h1-6H,(H2,13,14). The molecule has 0 radical (unpaired) electrons. The Labute approximate surface area is 95.9 Å². The molecular formula is C11H8FN3O2. The maximum Gasteiger partial charge on any atom is 0.270 e. The van der Waals surface area contributed by atoms with Crippen LogP contribution in [0.5, 0.6) is 0 Å². The summed E-state index contributed by atoms with van der Waals surface area (Å²) in [7, 11) is 0. The molecule has 17 heavy (non-hydrogen) atoms.